The smallest absolute Gasteiger partial charge is 0.189 e. The highest BCUT2D eigenvalue weighted by atomic mass is 35.5. The molecule has 0 saturated carbocycles. The quantitative estimate of drug-likeness (QED) is 0.821. The summed E-state index contributed by atoms with van der Waals surface area (Å²) in [6.07, 6.45) is 2.53. The minimum Gasteiger partial charge on any atom is -0.377 e. The number of halogens is 1. The Hall–Kier alpha value is -1.40. The fourth-order valence-electron chi connectivity index (χ4n) is 3.27. The normalized spacial score (nSPS) is 17.9. The number of nitrogens with zero attached hydrogens (tertiary/aromatic N) is 2. The van der Waals surface area contributed by atoms with Crippen LogP contribution in [0.4, 0.5) is 0 Å². The number of hydrogen-bond donors (Lipinski definition) is 1. The predicted octanol–water partition coefficient (Wildman–Crippen LogP) is 2.72. The summed E-state index contributed by atoms with van der Waals surface area (Å²) in [5.41, 5.74) is 1.62. The summed E-state index contributed by atoms with van der Waals surface area (Å²) < 4.78 is 5.79. The first kappa shape index (κ1) is 18.4. The number of benzene rings is 1. The Morgan fingerprint density at radius 2 is 2.16 bits per heavy atom. The van der Waals surface area contributed by atoms with E-state index in [0.29, 0.717) is 17.0 Å². The van der Waals surface area contributed by atoms with E-state index in [-0.39, 0.29) is 11.5 Å². The number of H-pyrrole nitrogens is 1. The lowest BCUT2D eigenvalue weighted by molar-refractivity contribution is 0.0679. The van der Waals surface area contributed by atoms with Crippen molar-refractivity contribution >= 4 is 22.5 Å². The molecule has 1 N–H and O–H groups in total. The SMILES string of the molecule is CN(C)CCN(Cc1cc(=O)c2cccc(Cl)c2[nH]1)CC1CCCO1. The van der Waals surface area contributed by atoms with Gasteiger partial charge in [0, 0.05) is 49.9 Å². The van der Waals surface area contributed by atoms with Gasteiger partial charge in [-0.25, -0.2) is 0 Å². The van der Waals surface area contributed by atoms with Crippen molar-refractivity contribution in [1.29, 1.82) is 0 Å². The number of para-hydroxylation sites is 1. The molecule has 1 unspecified atom stereocenters. The largest absolute Gasteiger partial charge is 0.377 e. The highest BCUT2D eigenvalue weighted by Crippen LogP contribution is 2.20. The number of fused-ring (bicyclic) bond motifs is 1. The van der Waals surface area contributed by atoms with Crippen LogP contribution in [0.25, 0.3) is 10.9 Å². The third kappa shape index (κ3) is 4.82. The first-order valence-corrected chi connectivity index (χ1v) is 9.20. The van der Waals surface area contributed by atoms with Crippen molar-refractivity contribution in [3.8, 4) is 0 Å². The maximum Gasteiger partial charge on any atom is 0.189 e. The first-order chi connectivity index (χ1) is 12.0. The molecule has 2 aromatic rings. The van der Waals surface area contributed by atoms with Crippen LogP contribution in [0.5, 0.6) is 0 Å². The first-order valence-electron chi connectivity index (χ1n) is 8.82. The zero-order chi connectivity index (χ0) is 17.8. The molecule has 5 nitrogen and oxygen atoms in total. The van der Waals surface area contributed by atoms with Crippen LogP contribution in [-0.2, 0) is 11.3 Å². The molecule has 1 aliphatic rings. The molecule has 0 aliphatic carbocycles. The number of rotatable bonds is 7. The lowest BCUT2D eigenvalue weighted by atomic mass is 10.1. The molecule has 0 bridgehead atoms. The zero-order valence-corrected chi connectivity index (χ0v) is 15.7. The summed E-state index contributed by atoms with van der Waals surface area (Å²) in [5.74, 6) is 0. The Bertz CT molecular complexity index is 769. The van der Waals surface area contributed by atoms with Crippen molar-refractivity contribution in [3.05, 3.63) is 45.2 Å². The van der Waals surface area contributed by atoms with Crippen LogP contribution in [0.2, 0.25) is 5.02 Å². The lowest BCUT2D eigenvalue weighted by Crippen LogP contribution is -2.37. The topological polar surface area (TPSA) is 48.6 Å². The fraction of sp³-hybridized carbons (Fsp3) is 0.526. The van der Waals surface area contributed by atoms with E-state index in [1.165, 1.54) is 0 Å². The molecule has 1 saturated heterocycles. The van der Waals surface area contributed by atoms with E-state index in [9.17, 15) is 4.79 Å². The number of pyridine rings is 1. The number of aromatic nitrogens is 1. The van der Waals surface area contributed by atoms with Gasteiger partial charge in [-0.3, -0.25) is 9.69 Å². The van der Waals surface area contributed by atoms with Crippen LogP contribution in [-0.4, -0.2) is 61.2 Å². The Morgan fingerprint density at radius 3 is 2.88 bits per heavy atom. The van der Waals surface area contributed by atoms with Crippen molar-refractivity contribution in [1.82, 2.24) is 14.8 Å². The van der Waals surface area contributed by atoms with E-state index in [1.807, 2.05) is 0 Å². The van der Waals surface area contributed by atoms with Crippen LogP contribution in [0, 0.1) is 0 Å². The van der Waals surface area contributed by atoms with Gasteiger partial charge in [0.05, 0.1) is 16.6 Å². The minimum absolute atomic E-state index is 0.0101. The zero-order valence-electron chi connectivity index (χ0n) is 14.9. The van der Waals surface area contributed by atoms with Crippen molar-refractivity contribution in [2.45, 2.75) is 25.5 Å². The summed E-state index contributed by atoms with van der Waals surface area (Å²) in [5, 5.41) is 1.21. The van der Waals surface area contributed by atoms with Gasteiger partial charge >= 0.3 is 0 Å². The minimum atomic E-state index is 0.0101. The van der Waals surface area contributed by atoms with E-state index in [1.54, 1.807) is 24.3 Å². The highest BCUT2D eigenvalue weighted by molar-refractivity contribution is 6.35. The van der Waals surface area contributed by atoms with Crippen LogP contribution < -0.4 is 5.43 Å². The van der Waals surface area contributed by atoms with Crippen LogP contribution >= 0.6 is 11.6 Å². The molecule has 1 aromatic heterocycles. The van der Waals surface area contributed by atoms with Crippen molar-refractivity contribution in [2.75, 3.05) is 40.3 Å². The molecule has 136 valence electrons. The third-order valence-corrected chi connectivity index (χ3v) is 4.93. The fourth-order valence-corrected chi connectivity index (χ4v) is 3.49. The molecule has 0 amide bonds. The van der Waals surface area contributed by atoms with Gasteiger partial charge in [0.2, 0.25) is 0 Å². The van der Waals surface area contributed by atoms with Gasteiger partial charge in [0.25, 0.3) is 0 Å². The summed E-state index contributed by atoms with van der Waals surface area (Å²) in [7, 11) is 4.14. The number of likely N-dealkylation sites (N-methyl/N-ethyl adjacent to an activating group) is 1. The molecule has 1 fully saturated rings. The molecule has 6 heteroatoms. The van der Waals surface area contributed by atoms with Crippen LogP contribution in [0.15, 0.2) is 29.1 Å². The monoisotopic (exact) mass is 363 g/mol. The highest BCUT2D eigenvalue weighted by Gasteiger charge is 2.20. The van der Waals surface area contributed by atoms with E-state index in [0.717, 1.165) is 50.3 Å². The van der Waals surface area contributed by atoms with E-state index in [2.05, 4.69) is 28.9 Å². The van der Waals surface area contributed by atoms with Crippen molar-refractivity contribution in [2.24, 2.45) is 0 Å². The van der Waals surface area contributed by atoms with Gasteiger partial charge in [-0.05, 0) is 39.1 Å². The molecular formula is C19H26ClN3O2. The summed E-state index contributed by atoms with van der Waals surface area (Å²) in [6, 6.07) is 7.11. The van der Waals surface area contributed by atoms with Gasteiger partial charge in [-0.1, -0.05) is 17.7 Å². The van der Waals surface area contributed by atoms with E-state index in [4.69, 9.17) is 16.3 Å². The number of nitrogens with one attached hydrogen (secondary N) is 1. The number of hydrogen-bond acceptors (Lipinski definition) is 4. The molecule has 3 rings (SSSR count). The maximum absolute atomic E-state index is 12.4. The Labute approximate surface area is 153 Å². The standard InChI is InChI=1S/C19H26ClN3O2/c1-22(2)8-9-23(13-15-5-4-10-25-15)12-14-11-18(24)16-6-3-7-17(20)19(16)21-14/h3,6-7,11,15H,4-5,8-10,12-13H2,1-2H3,(H,21,24). The van der Waals surface area contributed by atoms with Gasteiger partial charge in [-0.2, -0.15) is 0 Å². The molecule has 1 aromatic carbocycles. The second-order valence-electron chi connectivity index (χ2n) is 6.99. The third-order valence-electron chi connectivity index (χ3n) is 4.61. The molecule has 0 spiro atoms. The Kier molecular flexibility index (Phi) is 6.12. The Balaban J connectivity index is 1.80. The van der Waals surface area contributed by atoms with E-state index >= 15 is 0 Å². The van der Waals surface area contributed by atoms with Gasteiger partial charge in [0.15, 0.2) is 5.43 Å². The van der Waals surface area contributed by atoms with Crippen molar-refractivity contribution in [3.63, 3.8) is 0 Å². The summed E-state index contributed by atoms with van der Waals surface area (Å²) in [4.78, 5) is 20.3. The number of ether oxygens (including phenoxy) is 1. The Morgan fingerprint density at radius 1 is 1.32 bits per heavy atom. The molecule has 2 heterocycles. The maximum atomic E-state index is 12.4. The van der Waals surface area contributed by atoms with Gasteiger partial charge < -0.3 is 14.6 Å². The average Bonchev–Trinajstić information content (AvgIpc) is 3.07. The van der Waals surface area contributed by atoms with Gasteiger partial charge in [-0.15, -0.1) is 0 Å². The number of aromatic amines is 1. The summed E-state index contributed by atoms with van der Waals surface area (Å²) >= 11 is 6.27. The van der Waals surface area contributed by atoms with Crippen LogP contribution in [0.3, 0.4) is 0 Å². The molecular weight excluding hydrogens is 338 g/mol. The second-order valence-corrected chi connectivity index (χ2v) is 7.40. The molecule has 1 aliphatic heterocycles. The van der Waals surface area contributed by atoms with Gasteiger partial charge in [0.1, 0.15) is 0 Å². The molecule has 0 radical (unpaired) electrons. The van der Waals surface area contributed by atoms with Crippen molar-refractivity contribution < 1.29 is 4.74 Å². The molecule has 25 heavy (non-hydrogen) atoms. The molecule has 1 atom stereocenters. The summed E-state index contributed by atoms with van der Waals surface area (Å²) in [6.45, 7) is 4.32. The van der Waals surface area contributed by atoms with E-state index < -0.39 is 0 Å². The second kappa shape index (κ2) is 8.32. The lowest BCUT2D eigenvalue weighted by Gasteiger charge is -2.26. The average molecular weight is 364 g/mol. The van der Waals surface area contributed by atoms with Crippen LogP contribution in [0.1, 0.15) is 18.5 Å². The predicted molar refractivity (Wildman–Crippen MR) is 102 cm³/mol.